The molecule has 0 bridgehead atoms. The van der Waals surface area contributed by atoms with Gasteiger partial charge in [0.2, 0.25) is 0 Å². The third-order valence-corrected chi connectivity index (χ3v) is 3.23. The van der Waals surface area contributed by atoms with Crippen LogP contribution in [0.2, 0.25) is 0 Å². The molecule has 2 heteroatoms. The molecule has 1 aromatic rings. The molecule has 2 nitrogen and oxygen atoms in total. The van der Waals surface area contributed by atoms with Crippen LogP contribution < -0.4 is 4.74 Å². The highest BCUT2D eigenvalue weighted by Gasteiger charge is 2.39. The molecule has 1 fully saturated rings. The Morgan fingerprint density at radius 2 is 1.80 bits per heavy atom. The number of epoxide rings is 1. The molecule has 1 aromatic carbocycles. The predicted octanol–water partition coefficient (Wildman–Crippen LogP) is 3.08. The standard InChI is InChI=1S/C13H18O2/c1-7-6-8(2)11(13-10(4)15-13)12(14-5)9(7)3/h6,10,13H,1-5H3. The highest BCUT2D eigenvalue weighted by molar-refractivity contribution is 5.52. The lowest BCUT2D eigenvalue weighted by atomic mass is 9.96. The summed E-state index contributed by atoms with van der Waals surface area (Å²) in [5.74, 6) is 1.00. The Bertz CT molecular complexity index is 396. The van der Waals surface area contributed by atoms with Crippen LogP contribution in [0.4, 0.5) is 0 Å². The summed E-state index contributed by atoms with van der Waals surface area (Å²) >= 11 is 0. The van der Waals surface area contributed by atoms with Gasteiger partial charge >= 0.3 is 0 Å². The van der Waals surface area contributed by atoms with E-state index in [0.717, 1.165) is 5.75 Å². The lowest BCUT2D eigenvalue weighted by molar-refractivity contribution is 0.366. The molecule has 0 aliphatic carbocycles. The molecule has 0 amide bonds. The molecular weight excluding hydrogens is 188 g/mol. The van der Waals surface area contributed by atoms with Crippen LogP contribution in [0.3, 0.4) is 0 Å². The van der Waals surface area contributed by atoms with E-state index in [1.54, 1.807) is 7.11 Å². The van der Waals surface area contributed by atoms with E-state index >= 15 is 0 Å². The fourth-order valence-electron chi connectivity index (χ4n) is 2.18. The van der Waals surface area contributed by atoms with Gasteiger partial charge < -0.3 is 9.47 Å². The number of ether oxygens (including phenoxy) is 2. The maximum Gasteiger partial charge on any atom is 0.128 e. The minimum Gasteiger partial charge on any atom is -0.496 e. The summed E-state index contributed by atoms with van der Waals surface area (Å²) in [7, 11) is 1.73. The third kappa shape index (κ3) is 1.63. The molecule has 15 heavy (non-hydrogen) atoms. The summed E-state index contributed by atoms with van der Waals surface area (Å²) in [5, 5.41) is 0. The molecule has 2 rings (SSSR count). The molecule has 1 heterocycles. The molecule has 0 radical (unpaired) electrons. The molecule has 0 spiro atoms. The minimum absolute atomic E-state index is 0.235. The van der Waals surface area contributed by atoms with Crippen molar-refractivity contribution in [1.82, 2.24) is 0 Å². The van der Waals surface area contributed by atoms with E-state index < -0.39 is 0 Å². The number of hydrogen-bond acceptors (Lipinski definition) is 2. The number of aryl methyl sites for hydroxylation is 2. The maximum absolute atomic E-state index is 5.54. The van der Waals surface area contributed by atoms with E-state index in [9.17, 15) is 0 Å². The van der Waals surface area contributed by atoms with Crippen LogP contribution in [0.15, 0.2) is 6.07 Å². The average molecular weight is 206 g/mol. The van der Waals surface area contributed by atoms with Gasteiger partial charge in [-0.15, -0.1) is 0 Å². The van der Waals surface area contributed by atoms with Crippen LogP contribution in [0, 0.1) is 20.8 Å². The monoisotopic (exact) mass is 206 g/mol. The molecule has 82 valence electrons. The van der Waals surface area contributed by atoms with Crippen molar-refractivity contribution in [2.75, 3.05) is 7.11 Å². The average Bonchev–Trinajstić information content (AvgIpc) is 2.88. The van der Waals surface area contributed by atoms with Gasteiger partial charge in [0, 0.05) is 5.56 Å². The van der Waals surface area contributed by atoms with Gasteiger partial charge in [-0.05, 0) is 44.4 Å². The first-order valence-corrected chi connectivity index (χ1v) is 5.36. The highest BCUT2D eigenvalue weighted by atomic mass is 16.6. The number of methoxy groups -OCH3 is 1. The molecular formula is C13H18O2. The Balaban J connectivity index is 2.56. The first kappa shape index (κ1) is 10.5. The van der Waals surface area contributed by atoms with Crippen molar-refractivity contribution >= 4 is 0 Å². The van der Waals surface area contributed by atoms with Crippen molar-refractivity contribution in [3.05, 3.63) is 28.3 Å². The molecule has 1 aliphatic rings. The minimum atomic E-state index is 0.235. The number of rotatable bonds is 2. The summed E-state index contributed by atoms with van der Waals surface area (Å²) in [5.41, 5.74) is 5.00. The van der Waals surface area contributed by atoms with E-state index in [1.165, 1.54) is 22.3 Å². The Labute approximate surface area is 91.2 Å². The van der Waals surface area contributed by atoms with Crippen molar-refractivity contribution in [2.45, 2.75) is 39.9 Å². The maximum atomic E-state index is 5.54. The third-order valence-electron chi connectivity index (χ3n) is 3.23. The summed E-state index contributed by atoms with van der Waals surface area (Å²) in [6, 6.07) is 2.21. The van der Waals surface area contributed by atoms with Crippen molar-refractivity contribution in [1.29, 1.82) is 0 Å². The van der Waals surface area contributed by atoms with Gasteiger partial charge in [-0.25, -0.2) is 0 Å². The second kappa shape index (κ2) is 3.53. The summed E-state index contributed by atoms with van der Waals surface area (Å²) in [6.07, 6.45) is 0.568. The lowest BCUT2D eigenvalue weighted by Crippen LogP contribution is -2.00. The second-order valence-electron chi connectivity index (χ2n) is 4.34. The summed E-state index contributed by atoms with van der Waals surface area (Å²) in [6.45, 7) is 8.44. The summed E-state index contributed by atoms with van der Waals surface area (Å²) in [4.78, 5) is 0. The Hall–Kier alpha value is -1.02. The molecule has 0 aromatic heterocycles. The van der Waals surface area contributed by atoms with E-state index in [0.29, 0.717) is 6.10 Å². The van der Waals surface area contributed by atoms with Crippen molar-refractivity contribution < 1.29 is 9.47 Å². The Morgan fingerprint density at radius 1 is 1.20 bits per heavy atom. The number of hydrogen-bond donors (Lipinski definition) is 0. The fraction of sp³-hybridized carbons (Fsp3) is 0.538. The number of benzene rings is 1. The van der Waals surface area contributed by atoms with E-state index in [-0.39, 0.29) is 6.10 Å². The largest absolute Gasteiger partial charge is 0.496 e. The molecule has 0 saturated carbocycles. The van der Waals surface area contributed by atoms with Crippen LogP contribution in [-0.4, -0.2) is 13.2 Å². The second-order valence-corrected chi connectivity index (χ2v) is 4.34. The van der Waals surface area contributed by atoms with Gasteiger partial charge in [0.15, 0.2) is 0 Å². The van der Waals surface area contributed by atoms with Crippen LogP contribution >= 0.6 is 0 Å². The zero-order valence-electron chi connectivity index (χ0n) is 10.0. The SMILES string of the molecule is COc1c(C)c(C)cc(C)c1C1OC1C. The van der Waals surface area contributed by atoms with Crippen LogP contribution in [0.1, 0.15) is 35.3 Å². The zero-order valence-corrected chi connectivity index (χ0v) is 10.0. The normalized spacial score (nSPS) is 24.1. The van der Waals surface area contributed by atoms with Gasteiger partial charge in [-0.2, -0.15) is 0 Å². The molecule has 2 atom stereocenters. The van der Waals surface area contributed by atoms with Gasteiger partial charge in [-0.1, -0.05) is 6.07 Å². The highest BCUT2D eigenvalue weighted by Crippen LogP contribution is 2.45. The van der Waals surface area contributed by atoms with Gasteiger partial charge in [0.1, 0.15) is 11.9 Å². The van der Waals surface area contributed by atoms with E-state index in [1.807, 2.05) is 0 Å². The molecule has 0 N–H and O–H groups in total. The molecule has 1 saturated heterocycles. The van der Waals surface area contributed by atoms with Crippen LogP contribution in [0.25, 0.3) is 0 Å². The van der Waals surface area contributed by atoms with Gasteiger partial charge in [0.25, 0.3) is 0 Å². The van der Waals surface area contributed by atoms with Crippen LogP contribution in [0.5, 0.6) is 5.75 Å². The Kier molecular flexibility index (Phi) is 2.47. The van der Waals surface area contributed by atoms with Gasteiger partial charge in [0.05, 0.1) is 13.2 Å². The van der Waals surface area contributed by atoms with Crippen molar-refractivity contribution in [2.24, 2.45) is 0 Å². The van der Waals surface area contributed by atoms with Crippen molar-refractivity contribution in [3.63, 3.8) is 0 Å². The topological polar surface area (TPSA) is 21.8 Å². The van der Waals surface area contributed by atoms with Crippen molar-refractivity contribution in [3.8, 4) is 5.75 Å². The quantitative estimate of drug-likeness (QED) is 0.694. The van der Waals surface area contributed by atoms with Gasteiger partial charge in [-0.3, -0.25) is 0 Å². The first-order chi connectivity index (χ1) is 7.06. The zero-order chi connectivity index (χ0) is 11.2. The first-order valence-electron chi connectivity index (χ1n) is 5.36. The lowest BCUT2D eigenvalue weighted by Gasteiger charge is -2.15. The molecule has 2 unspecified atom stereocenters. The van der Waals surface area contributed by atoms with E-state index in [4.69, 9.17) is 9.47 Å². The molecule has 1 aliphatic heterocycles. The van der Waals surface area contributed by atoms with Crippen LogP contribution in [-0.2, 0) is 4.74 Å². The predicted molar refractivity (Wildman–Crippen MR) is 60.5 cm³/mol. The van der Waals surface area contributed by atoms with E-state index in [2.05, 4.69) is 33.8 Å². The Morgan fingerprint density at radius 3 is 2.27 bits per heavy atom. The fourth-order valence-corrected chi connectivity index (χ4v) is 2.18. The summed E-state index contributed by atoms with van der Waals surface area (Å²) < 4.78 is 11.0. The smallest absolute Gasteiger partial charge is 0.128 e.